The molecule has 0 unspecified atom stereocenters. The van der Waals surface area contributed by atoms with E-state index in [9.17, 15) is 4.79 Å². The molecule has 1 aliphatic rings. The number of halogens is 1. The van der Waals surface area contributed by atoms with Crippen LogP contribution < -0.4 is 4.90 Å². The van der Waals surface area contributed by atoms with E-state index in [1.807, 2.05) is 32.6 Å². The Balaban J connectivity index is 2.36. The van der Waals surface area contributed by atoms with Gasteiger partial charge in [0, 0.05) is 19.3 Å². The number of aromatic carboxylic acids is 1. The molecule has 1 N–H and O–H groups in total. The highest BCUT2D eigenvalue weighted by molar-refractivity contribution is 9.10. The van der Waals surface area contributed by atoms with Crippen molar-refractivity contribution in [1.29, 1.82) is 0 Å². The zero-order chi connectivity index (χ0) is 15.1. The van der Waals surface area contributed by atoms with Crippen LogP contribution in [0.2, 0.25) is 0 Å². The number of anilines is 1. The Hall–Kier alpha value is -1.21. The van der Waals surface area contributed by atoms with Gasteiger partial charge in [-0.1, -0.05) is 0 Å². The second-order valence-corrected chi connectivity index (χ2v) is 7.00. The number of rotatable bonds is 2. The fourth-order valence-electron chi connectivity index (χ4n) is 2.59. The molecule has 1 aromatic rings. The van der Waals surface area contributed by atoms with Gasteiger partial charge in [0.25, 0.3) is 0 Å². The summed E-state index contributed by atoms with van der Waals surface area (Å²) < 4.78 is 6.37. The molecule has 0 aromatic carbocycles. The van der Waals surface area contributed by atoms with Crippen molar-refractivity contribution in [2.24, 2.45) is 0 Å². The topological polar surface area (TPSA) is 75.6 Å². The fraction of sp³-hybridized carbons (Fsp3) is 0.615. The monoisotopic (exact) mass is 343 g/mol. The van der Waals surface area contributed by atoms with E-state index < -0.39 is 5.97 Å². The van der Waals surface area contributed by atoms with Gasteiger partial charge >= 0.3 is 5.97 Å². The van der Waals surface area contributed by atoms with Crippen molar-refractivity contribution in [2.45, 2.75) is 38.9 Å². The third-order valence-corrected chi connectivity index (χ3v) is 3.49. The van der Waals surface area contributed by atoms with Gasteiger partial charge in [-0.15, -0.1) is 0 Å². The first kappa shape index (κ1) is 15.2. The predicted molar refractivity (Wildman–Crippen MR) is 78.1 cm³/mol. The van der Waals surface area contributed by atoms with Crippen LogP contribution in [0, 0.1) is 0 Å². The van der Waals surface area contributed by atoms with E-state index in [1.165, 1.54) is 6.20 Å². The third kappa shape index (κ3) is 3.27. The van der Waals surface area contributed by atoms with Crippen molar-refractivity contribution in [1.82, 2.24) is 9.97 Å². The molecule has 0 saturated carbocycles. The van der Waals surface area contributed by atoms with Crippen LogP contribution in [0.25, 0.3) is 0 Å². The third-order valence-electron chi connectivity index (χ3n) is 2.91. The van der Waals surface area contributed by atoms with Gasteiger partial charge in [0.15, 0.2) is 5.69 Å². The van der Waals surface area contributed by atoms with Crippen molar-refractivity contribution >= 4 is 27.8 Å². The summed E-state index contributed by atoms with van der Waals surface area (Å²) in [6.07, 6.45) is 1.47. The smallest absolute Gasteiger partial charge is 0.355 e. The molecule has 0 radical (unpaired) electrons. The number of carbonyl (C=O) groups is 1. The van der Waals surface area contributed by atoms with Crippen LogP contribution in [-0.4, -0.2) is 45.3 Å². The molecule has 7 heteroatoms. The number of hydrogen-bond donors (Lipinski definition) is 1. The number of morpholine rings is 1. The maximum Gasteiger partial charge on any atom is 0.355 e. The SMILES string of the molecule is CC1(C)CN(c2ncc(Br)c(C(=O)O)n2)CC(C)(C)O1. The van der Waals surface area contributed by atoms with Crippen LogP contribution in [-0.2, 0) is 4.74 Å². The molecule has 2 rings (SSSR count). The van der Waals surface area contributed by atoms with E-state index in [1.54, 1.807) is 0 Å². The summed E-state index contributed by atoms with van der Waals surface area (Å²) in [6, 6.07) is 0. The molecule has 0 bridgehead atoms. The molecule has 1 fully saturated rings. The van der Waals surface area contributed by atoms with Gasteiger partial charge in [0.2, 0.25) is 5.95 Å². The van der Waals surface area contributed by atoms with Crippen LogP contribution in [0.4, 0.5) is 5.95 Å². The largest absolute Gasteiger partial charge is 0.476 e. The van der Waals surface area contributed by atoms with Gasteiger partial charge in [0.05, 0.1) is 15.7 Å². The first-order valence-corrected chi connectivity index (χ1v) is 7.10. The first-order chi connectivity index (χ1) is 9.10. The Morgan fingerprint density at radius 2 is 1.90 bits per heavy atom. The fourth-order valence-corrected chi connectivity index (χ4v) is 2.95. The second kappa shape index (κ2) is 4.96. The van der Waals surface area contributed by atoms with E-state index in [0.29, 0.717) is 23.5 Å². The molecule has 0 aliphatic carbocycles. The van der Waals surface area contributed by atoms with Gasteiger partial charge in [-0.2, -0.15) is 0 Å². The number of nitrogens with zero attached hydrogens (tertiary/aromatic N) is 3. The van der Waals surface area contributed by atoms with Crippen LogP contribution in [0.5, 0.6) is 0 Å². The Labute approximate surface area is 126 Å². The minimum Gasteiger partial charge on any atom is -0.476 e. The summed E-state index contributed by atoms with van der Waals surface area (Å²) in [4.78, 5) is 21.5. The van der Waals surface area contributed by atoms with Gasteiger partial charge in [-0.25, -0.2) is 14.8 Å². The van der Waals surface area contributed by atoms with Crippen molar-refractivity contribution in [2.75, 3.05) is 18.0 Å². The number of hydrogen-bond acceptors (Lipinski definition) is 5. The number of aromatic nitrogens is 2. The molecule has 1 aromatic heterocycles. The van der Waals surface area contributed by atoms with Crippen LogP contribution in [0.1, 0.15) is 38.2 Å². The van der Waals surface area contributed by atoms with Crippen molar-refractivity contribution in [3.05, 3.63) is 16.4 Å². The molecule has 110 valence electrons. The molecule has 2 heterocycles. The molecule has 20 heavy (non-hydrogen) atoms. The van der Waals surface area contributed by atoms with Gasteiger partial charge in [0.1, 0.15) is 0 Å². The molecular formula is C13H18BrN3O3. The highest BCUT2D eigenvalue weighted by Crippen LogP contribution is 2.30. The van der Waals surface area contributed by atoms with Crippen molar-refractivity contribution in [3.8, 4) is 0 Å². The lowest BCUT2D eigenvalue weighted by atomic mass is 9.99. The molecule has 0 amide bonds. The van der Waals surface area contributed by atoms with Gasteiger partial charge < -0.3 is 14.7 Å². The van der Waals surface area contributed by atoms with Crippen LogP contribution in [0.15, 0.2) is 10.7 Å². The lowest BCUT2D eigenvalue weighted by Crippen LogP contribution is -2.57. The van der Waals surface area contributed by atoms with E-state index in [4.69, 9.17) is 9.84 Å². The normalized spacial score (nSPS) is 20.8. The van der Waals surface area contributed by atoms with E-state index in [0.717, 1.165) is 0 Å². The predicted octanol–water partition coefficient (Wildman–Crippen LogP) is 2.33. The Kier molecular flexibility index (Phi) is 3.77. The Bertz CT molecular complexity index is 530. The standard InChI is InChI=1S/C13H18BrN3O3/c1-12(2)6-17(7-13(3,4)20-12)11-15-5-8(14)9(16-11)10(18)19/h5H,6-7H2,1-4H3,(H,18,19). The highest BCUT2D eigenvalue weighted by Gasteiger charge is 2.39. The number of carboxylic acids is 1. The highest BCUT2D eigenvalue weighted by atomic mass is 79.9. The molecule has 1 aliphatic heterocycles. The summed E-state index contributed by atoms with van der Waals surface area (Å²) in [7, 11) is 0. The Morgan fingerprint density at radius 1 is 1.35 bits per heavy atom. The van der Waals surface area contributed by atoms with E-state index >= 15 is 0 Å². The number of carboxylic acid groups (broad SMARTS) is 1. The molecule has 0 atom stereocenters. The quantitative estimate of drug-likeness (QED) is 0.888. The Morgan fingerprint density at radius 3 is 2.40 bits per heavy atom. The first-order valence-electron chi connectivity index (χ1n) is 6.31. The lowest BCUT2D eigenvalue weighted by Gasteiger charge is -2.47. The summed E-state index contributed by atoms with van der Waals surface area (Å²) in [5.41, 5.74) is -0.722. The van der Waals surface area contributed by atoms with Gasteiger partial charge in [-0.05, 0) is 43.6 Å². The maximum absolute atomic E-state index is 11.1. The van der Waals surface area contributed by atoms with E-state index in [-0.39, 0.29) is 16.9 Å². The molecule has 6 nitrogen and oxygen atoms in total. The summed E-state index contributed by atoms with van der Waals surface area (Å²) in [5, 5.41) is 9.13. The van der Waals surface area contributed by atoms with Crippen LogP contribution >= 0.6 is 15.9 Å². The van der Waals surface area contributed by atoms with Gasteiger partial charge in [-0.3, -0.25) is 0 Å². The average molecular weight is 344 g/mol. The summed E-state index contributed by atoms with van der Waals surface area (Å²) in [5.74, 6) is -0.664. The zero-order valence-corrected chi connectivity index (χ0v) is 13.6. The molecule has 1 saturated heterocycles. The maximum atomic E-state index is 11.1. The zero-order valence-electron chi connectivity index (χ0n) is 12.0. The summed E-state index contributed by atoms with van der Waals surface area (Å²) in [6.45, 7) is 9.21. The molecular weight excluding hydrogens is 326 g/mol. The second-order valence-electron chi connectivity index (χ2n) is 6.15. The molecule has 0 spiro atoms. The number of ether oxygens (including phenoxy) is 1. The average Bonchev–Trinajstić information content (AvgIpc) is 2.24. The summed E-state index contributed by atoms with van der Waals surface area (Å²) >= 11 is 3.15. The van der Waals surface area contributed by atoms with Crippen molar-refractivity contribution < 1.29 is 14.6 Å². The minimum absolute atomic E-state index is 0.0305. The van der Waals surface area contributed by atoms with Crippen LogP contribution in [0.3, 0.4) is 0 Å². The van der Waals surface area contributed by atoms with E-state index in [2.05, 4.69) is 25.9 Å². The van der Waals surface area contributed by atoms with Crippen molar-refractivity contribution in [3.63, 3.8) is 0 Å². The minimum atomic E-state index is -1.08. The lowest BCUT2D eigenvalue weighted by molar-refractivity contribution is -0.133.